The largest absolute Gasteiger partial charge is 0.398 e. The second-order valence-electron chi connectivity index (χ2n) is 4.60. The zero-order valence-corrected chi connectivity index (χ0v) is 14.1. The summed E-state index contributed by atoms with van der Waals surface area (Å²) in [5.41, 5.74) is 9.80. The van der Waals surface area contributed by atoms with Gasteiger partial charge in [0.25, 0.3) is 0 Å². The molecular formula is C15H15BrCl2N2. The second-order valence-corrected chi connectivity index (χ2v) is 6.30. The zero-order valence-electron chi connectivity index (χ0n) is 11.0. The van der Waals surface area contributed by atoms with Crippen LogP contribution in [0.2, 0.25) is 10.0 Å². The van der Waals surface area contributed by atoms with Gasteiger partial charge in [0, 0.05) is 32.4 Å². The van der Waals surface area contributed by atoms with E-state index < -0.39 is 0 Å². The van der Waals surface area contributed by atoms with Crippen LogP contribution >= 0.6 is 39.1 Å². The van der Waals surface area contributed by atoms with Crippen LogP contribution in [0.1, 0.15) is 11.1 Å². The minimum Gasteiger partial charge on any atom is -0.398 e. The first-order valence-corrected chi connectivity index (χ1v) is 7.75. The predicted octanol–water partition coefficient (Wildman–Crippen LogP) is 5.30. The number of nitrogens with one attached hydrogen (secondary N) is 1. The van der Waals surface area contributed by atoms with E-state index >= 15 is 0 Å². The van der Waals surface area contributed by atoms with Crippen molar-refractivity contribution in [2.24, 2.45) is 0 Å². The van der Waals surface area contributed by atoms with Gasteiger partial charge in [-0.2, -0.15) is 0 Å². The van der Waals surface area contributed by atoms with Gasteiger partial charge in [0.2, 0.25) is 0 Å². The summed E-state index contributed by atoms with van der Waals surface area (Å²) in [5.74, 6) is 0. The molecule has 0 atom stereocenters. The van der Waals surface area contributed by atoms with Crippen LogP contribution in [0, 0.1) is 6.92 Å². The van der Waals surface area contributed by atoms with Crippen LogP contribution in [-0.4, -0.2) is 6.54 Å². The number of aryl methyl sites for hydroxylation is 1. The topological polar surface area (TPSA) is 38.0 Å². The molecule has 0 radical (unpaired) electrons. The standard InChI is InChI=1S/C15H15BrCl2N2/c1-9-6-15(12(16)8-14(9)19)20-5-4-10-2-3-11(17)7-13(10)18/h2-3,6-8,20H,4-5,19H2,1H3. The third-order valence-electron chi connectivity index (χ3n) is 3.08. The van der Waals surface area contributed by atoms with Crippen molar-refractivity contribution >= 4 is 50.5 Å². The Bertz CT molecular complexity index is 630. The lowest BCUT2D eigenvalue weighted by atomic mass is 10.1. The maximum absolute atomic E-state index is 6.15. The van der Waals surface area contributed by atoms with Gasteiger partial charge >= 0.3 is 0 Å². The Balaban J connectivity index is 2.01. The van der Waals surface area contributed by atoms with E-state index in [2.05, 4.69) is 21.2 Å². The molecule has 0 aliphatic carbocycles. The quantitative estimate of drug-likeness (QED) is 0.713. The Labute approximate surface area is 137 Å². The first-order chi connectivity index (χ1) is 9.47. The highest BCUT2D eigenvalue weighted by Gasteiger charge is 2.05. The van der Waals surface area contributed by atoms with E-state index in [1.54, 1.807) is 6.07 Å². The van der Waals surface area contributed by atoms with Crippen LogP contribution < -0.4 is 11.1 Å². The molecule has 0 heterocycles. The lowest BCUT2D eigenvalue weighted by Crippen LogP contribution is -2.06. The van der Waals surface area contributed by atoms with Gasteiger partial charge in [0.1, 0.15) is 0 Å². The van der Waals surface area contributed by atoms with E-state index in [0.29, 0.717) is 10.0 Å². The van der Waals surface area contributed by atoms with Crippen molar-refractivity contribution in [3.63, 3.8) is 0 Å². The number of hydrogen-bond donors (Lipinski definition) is 2. The maximum Gasteiger partial charge on any atom is 0.0488 e. The van der Waals surface area contributed by atoms with Crippen molar-refractivity contribution in [3.8, 4) is 0 Å². The molecule has 0 saturated heterocycles. The van der Waals surface area contributed by atoms with Gasteiger partial charge in [-0.15, -0.1) is 0 Å². The van der Waals surface area contributed by atoms with Crippen LogP contribution in [0.25, 0.3) is 0 Å². The number of anilines is 2. The Hall–Kier alpha value is -0.900. The molecule has 0 aliphatic heterocycles. The van der Waals surface area contributed by atoms with Crippen molar-refractivity contribution in [2.75, 3.05) is 17.6 Å². The highest BCUT2D eigenvalue weighted by molar-refractivity contribution is 9.10. The number of halogens is 3. The number of benzene rings is 2. The fourth-order valence-electron chi connectivity index (χ4n) is 1.89. The zero-order chi connectivity index (χ0) is 14.7. The molecule has 0 spiro atoms. The summed E-state index contributed by atoms with van der Waals surface area (Å²) in [6, 6.07) is 9.51. The lowest BCUT2D eigenvalue weighted by Gasteiger charge is -2.12. The fourth-order valence-corrected chi connectivity index (χ4v) is 2.89. The number of nitrogens with two attached hydrogens (primary N) is 1. The van der Waals surface area contributed by atoms with Gasteiger partial charge in [-0.25, -0.2) is 0 Å². The second kappa shape index (κ2) is 6.70. The third kappa shape index (κ3) is 3.81. The molecule has 0 amide bonds. The van der Waals surface area contributed by atoms with Crippen molar-refractivity contribution in [2.45, 2.75) is 13.3 Å². The third-order valence-corrected chi connectivity index (χ3v) is 4.32. The molecule has 2 nitrogen and oxygen atoms in total. The molecule has 0 aliphatic rings. The summed E-state index contributed by atoms with van der Waals surface area (Å²) in [6.07, 6.45) is 0.825. The van der Waals surface area contributed by atoms with Gasteiger partial charge in [-0.05, 0) is 64.7 Å². The molecule has 106 valence electrons. The van der Waals surface area contributed by atoms with Crippen LogP contribution in [0.5, 0.6) is 0 Å². The summed E-state index contributed by atoms with van der Waals surface area (Å²) in [5, 5.41) is 4.73. The molecule has 3 N–H and O–H groups in total. The van der Waals surface area contributed by atoms with Crippen molar-refractivity contribution < 1.29 is 0 Å². The van der Waals surface area contributed by atoms with Crippen molar-refractivity contribution in [1.29, 1.82) is 0 Å². The SMILES string of the molecule is Cc1cc(NCCc2ccc(Cl)cc2Cl)c(Br)cc1N. The molecule has 2 aromatic rings. The summed E-state index contributed by atoms with van der Waals surface area (Å²) >= 11 is 15.5. The molecule has 5 heteroatoms. The summed E-state index contributed by atoms with van der Waals surface area (Å²) in [4.78, 5) is 0. The normalized spacial score (nSPS) is 10.6. The maximum atomic E-state index is 6.15. The molecule has 0 bridgehead atoms. The number of rotatable bonds is 4. The van der Waals surface area contributed by atoms with Crippen LogP contribution in [0.4, 0.5) is 11.4 Å². The summed E-state index contributed by atoms with van der Waals surface area (Å²) in [7, 11) is 0. The monoisotopic (exact) mass is 372 g/mol. The molecule has 2 aromatic carbocycles. The highest BCUT2D eigenvalue weighted by atomic mass is 79.9. The molecule has 0 aromatic heterocycles. The Kier molecular flexibility index (Phi) is 5.19. The average molecular weight is 374 g/mol. The minimum atomic E-state index is 0.656. The van der Waals surface area contributed by atoms with Gasteiger partial charge in [0.05, 0.1) is 0 Å². The van der Waals surface area contributed by atoms with E-state index in [0.717, 1.165) is 39.9 Å². The van der Waals surface area contributed by atoms with Crippen molar-refractivity contribution in [1.82, 2.24) is 0 Å². The molecular weight excluding hydrogens is 359 g/mol. The first kappa shape index (κ1) is 15.5. The van der Waals surface area contributed by atoms with Crippen LogP contribution in [0.3, 0.4) is 0 Å². The van der Waals surface area contributed by atoms with Gasteiger partial charge < -0.3 is 11.1 Å². The fraction of sp³-hybridized carbons (Fsp3) is 0.200. The minimum absolute atomic E-state index is 0.656. The van der Waals surface area contributed by atoms with E-state index in [9.17, 15) is 0 Å². The molecule has 20 heavy (non-hydrogen) atoms. The summed E-state index contributed by atoms with van der Waals surface area (Å²) in [6.45, 7) is 2.77. The van der Waals surface area contributed by atoms with Crippen molar-refractivity contribution in [3.05, 3.63) is 56.0 Å². The molecule has 0 saturated carbocycles. The molecule has 2 rings (SSSR count). The van der Waals surface area contributed by atoms with Gasteiger partial charge in [0.15, 0.2) is 0 Å². The smallest absolute Gasteiger partial charge is 0.0488 e. The average Bonchev–Trinajstić information content (AvgIpc) is 2.38. The predicted molar refractivity (Wildman–Crippen MR) is 91.9 cm³/mol. The lowest BCUT2D eigenvalue weighted by molar-refractivity contribution is 1.02. The van der Waals surface area contributed by atoms with E-state index in [4.69, 9.17) is 28.9 Å². The van der Waals surface area contributed by atoms with E-state index in [-0.39, 0.29) is 0 Å². The van der Waals surface area contributed by atoms with Gasteiger partial charge in [-0.1, -0.05) is 29.3 Å². The molecule has 0 fully saturated rings. The van der Waals surface area contributed by atoms with Gasteiger partial charge in [-0.3, -0.25) is 0 Å². The number of nitrogen functional groups attached to an aromatic ring is 1. The molecule has 0 unspecified atom stereocenters. The number of hydrogen-bond acceptors (Lipinski definition) is 2. The van der Waals surface area contributed by atoms with E-state index in [1.807, 2.05) is 31.2 Å². The first-order valence-electron chi connectivity index (χ1n) is 6.21. The van der Waals surface area contributed by atoms with Crippen LogP contribution in [0.15, 0.2) is 34.8 Å². The Morgan fingerprint density at radius 1 is 1.20 bits per heavy atom. The summed E-state index contributed by atoms with van der Waals surface area (Å²) < 4.78 is 0.961. The van der Waals surface area contributed by atoms with E-state index in [1.165, 1.54) is 0 Å². The Morgan fingerprint density at radius 2 is 1.95 bits per heavy atom. The highest BCUT2D eigenvalue weighted by Crippen LogP contribution is 2.28. The Morgan fingerprint density at radius 3 is 2.65 bits per heavy atom. The van der Waals surface area contributed by atoms with Crippen LogP contribution in [-0.2, 0) is 6.42 Å².